The second-order valence-electron chi connectivity index (χ2n) is 12.4. The van der Waals surface area contributed by atoms with Crippen molar-refractivity contribution < 1.29 is 18.0 Å². The second-order valence-corrected chi connectivity index (χ2v) is 14.7. The van der Waals surface area contributed by atoms with Crippen molar-refractivity contribution in [1.82, 2.24) is 10.2 Å². The first-order valence-corrected chi connectivity index (χ1v) is 18.0. The maximum absolute atomic E-state index is 14.7. The lowest BCUT2D eigenvalue weighted by atomic mass is 9.94. The fourth-order valence-corrected chi connectivity index (χ4v) is 7.62. The molecule has 1 aliphatic rings. The zero-order chi connectivity index (χ0) is 33.4. The lowest BCUT2D eigenvalue weighted by Crippen LogP contribution is -2.55. The summed E-state index contributed by atoms with van der Waals surface area (Å²) in [5, 5.41) is 3.69. The third kappa shape index (κ3) is 9.02. The van der Waals surface area contributed by atoms with Crippen LogP contribution in [0.4, 0.5) is 5.69 Å². The summed E-state index contributed by atoms with van der Waals surface area (Å²) in [5.41, 5.74) is 3.98. The van der Waals surface area contributed by atoms with Gasteiger partial charge >= 0.3 is 0 Å². The highest BCUT2D eigenvalue weighted by Gasteiger charge is 2.35. The Morgan fingerprint density at radius 2 is 1.47 bits per heavy atom. The highest BCUT2D eigenvalue weighted by Crippen LogP contribution is 2.27. The predicted molar refractivity (Wildman–Crippen MR) is 188 cm³/mol. The summed E-state index contributed by atoms with van der Waals surface area (Å²) in [7, 11) is -4.18. The Labute approximate surface area is 283 Å². The summed E-state index contributed by atoms with van der Waals surface area (Å²) in [4.78, 5) is 30.5. The number of benzene rings is 4. The van der Waals surface area contributed by atoms with E-state index in [9.17, 15) is 18.0 Å². The van der Waals surface area contributed by atoms with Crippen molar-refractivity contribution in [2.75, 3.05) is 10.8 Å². The molecule has 2 amide bonds. The zero-order valence-corrected chi connectivity index (χ0v) is 28.5. The van der Waals surface area contributed by atoms with Crippen LogP contribution in [0.15, 0.2) is 108 Å². The molecule has 1 aliphatic carbocycles. The first-order valence-electron chi connectivity index (χ1n) is 16.1. The minimum Gasteiger partial charge on any atom is -0.352 e. The van der Waals surface area contributed by atoms with Gasteiger partial charge in [0.25, 0.3) is 10.0 Å². The number of hydrogen-bond donors (Lipinski definition) is 1. The first kappa shape index (κ1) is 34.2. The molecule has 1 atom stereocenters. The molecule has 4 aromatic carbocycles. The number of rotatable bonds is 12. The number of carbonyl (C=O) groups excluding carboxylic acids is 2. The third-order valence-corrected chi connectivity index (χ3v) is 10.7. The molecule has 0 aromatic heterocycles. The predicted octanol–water partition coefficient (Wildman–Crippen LogP) is 7.24. The molecule has 9 heteroatoms. The topological polar surface area (TPSA) is 86.8 Å². The molecule has 1 fully saturated rings. The molecule has 0 bridgehead atoms. The van der Waals surface area contributed by atoms with Gasteiger partial charge in [-0.15, -0.1) is 0 Å². The van der Waals surface area contributed by atoms with Crippen LogP contribution < -0.4 is 9.62 Å². The van der Waals surface area contributed by atoms with E-state index in [1.807, 2.05) is 68.4 Å². The number of sulfonamides is 1. The Bertz CT molecular complexity index is 1760. The number of carbonyl (C=O) groups is 2. The Balaban J connectivity index is 1.56. The highest BCUT2D eigenvalue weighted by atomic mass is 35.5. The van der Waals surface area contributed by atoms with Crippen LogP contribution in [0.3, 0.4) is 0 Å². The van der Waals surface area contributed by atoms with Gasteiger partial charge < -0.3 is 10.2 Å². The van der Waals surface area contributed by atoms with E-state index in [-0.39, 0.29) is 29.8 Å². The van der Waals surface area contributed by atoms with E-state index in [4.69, 9.17) is 11.6 Å². The molecule has 4 aromatic rings. The third-order valence-electron chi connectivity index (χ3n) is 8.66. The Kier molecular flexibility index (Phi) is 11.4. The average molecular weight is 672 g/mol. The van der Waals surface area contributed by atoms with Crippen molar-refractivity contribution in [3.05, 3.63) is 130 Å². The quantitative estimate of drug-likeness (QED) is 0.172. The van der Waals surface area contributed by atoms with Gasteiger partial charge in [0, 0.05) is 24.0 Å². The minimum absolute atomic E-state index is 0.0397. The van der Waals surface area contributed by atoms with Crippen molar-refractivity contribution in [3.8, 4) is 0 Å². The lowest BCUT2D eigenvalue weighted by molar-refractivity contribution is -0.140. The average Bonchev–Trinajstić information content (AvgIpc) is 3.06. The number of halogens is 1. The van der Waals surface area contributed by atoms with Crippen LogP contribution in [0.25, 0.3) is 0 Å². The van der Waals surface area contributed by atoms with E-state index in [2.05, 4.69) is 5.32 Å². The molecule has 1 N–H and O–H groups in total. The van der Waals surface area contributed by atoms with Gasteiger partial charge in [-0.25, -0.2) is 8.42 Å². The molecule has 0 saturated heterocycles. The molecule has 246 valence electrons. The highest BCUT2D eigenvalue weighted by molar-refractivity contribution is 7.92. The van der Waals surface area contributed by atoms with Gasteiger partial charge in [0.1, 0.15) is 12.6 Å². The fourth-order valence-electron chi connectivity index (χ4n) is 6.08. The van der Waals surface area contributed by atoms with Gasteiger partial charge in [-0.05, 0) is 74.2 Å². The number of nitrogens with zero attached hydrogens (tertiary/aromatic N) is 2. The molecule has 1 saturated carbocycles. The molecule has 47 heavy (non-hydrogen) atoms. The molecular formula is C38H42ClN3O4S. The van der Waals surface area contributed by atoms with Gasteiger partial charge in [-0.3, -0.25) is 13.9 Å². The van der Waals surface area contributed by atoms with Gasteiger partial charge in [0.05, 0.1) is 10.6 Å². The Hall–Kier alpha value is -4.14. The first-order chi connectivity index (χ1) is 22.6. The maximum Gasteiger partial charge on any atom is 0.264 e. The van der Waals surface area contributed by atoms with E-state index >= 15 is 0 Å². The van der Waals surface area contributed by atoms with Crippen LogP contribution in [0.5, 0.6) is 0 Å². The summed E-state index contributed by atoms with van der Waals surface area (Å²) in [6, 6.07) is 29.5. The van der Waals surface area contributed by atoms with Crippen LogP contribution >= 0.6 is 11.6 Å². The van der Waals surface area contributed by atoms with Gasteiger partial charge in [0.15, 0.2) is 0 Å². The van der Waals surface area contributed by atoms with E-state index in [1.54, 1.807) is 53.4 Å². The smallest absolute Gasteiger partial charge is 0.264 e. The molecule has 0 heterocycles. The van der Waals surface area contributed by atoms with Crippen LogP contribution in [-0.2, 0) is 32.6 Å². The largest absolute Gasteiger partial charge is 0.352 e. The van der Waals surface area contributed by atoms with Crippen LogP contribution in [-0.4, -0.2) is 43.8 Å². The lowest BCUT2D eigenvalue weighted by Gasteiger charge is -2.35. The molecule has 0 unspecified atom stereocenters. The van der Waals surface area contributed by atoms with E-state index in [0.717, 1.165) is 58.7 Å². The summed E-state index contributed by atoms with van der Waals surface area (Å²) in [6.07, 6.45) is 5.32. The molecule has 0 spiro atoms. The number of anilines is 1. The molecule has 0 radical (unpaired) electrons. The molecule has 5 rings (SSSR count). The van der Waals surface area contributed by atoms with Crippen molar-refractivity contribution in [1.29, 1.82) is 0 Å². The van der Waals surface area contributed by atoms with Gasteiger partial charge in [0.2, 0.25) is 11.8 Å². The SMILES string of the molecule is Cc1ccc(S(=O)(=O)N(CC(=O)N(Cc2cccc(C)c2)[C@@H](Cc2ccccc2)C(=O)NC2CCCCC2)c2ccc(Cl)cc2)cc1. The maximum atomic E-state index is 14.7. The zero-order valence-electron chi connectivity index (χ0n) is 26.9. The van der Waals surface area contributed by atoms with Crippen LogP contribution in [0, 0.1) is 13.8 Å². The summed E-state index contributed by atoms with van der Waals surface area (Å²) in [5.74, 6) is -0.724. The van der Waals surface area contributed by atoms with E-state index < -0.39 is 28.5 Å². The van der Waals surface area contributed by atoms with E-state index in [1.165, 1.54) is 0 Å². The van der Waals surface area contributed by atoms with Crippen molar-refractivity contribution in [2.45, 2.75) is 75.9 Å². The van der Waals surface area contributed by atoms with Crippen LogP contribution in [0.2, 0.25) is 5.02 Å². The summed E-state index contributed by atoms with van der Waals surface area (Å²) in [6.45, 7) is 3.48. The monoisotopic (exact) mass is 671 g/mol. The molecule has 0 aliphatic heterocycles. The second kappa shape index (κ2) is 15.6. The number of amides is 2. The molecule has 7 nitrogen and oxygen atoms in total. The van der Waals surface area contributed by atoms with E-state index in [0.29, 0.717) is 10.7 Å². The minimum atomic E-state index is -4.18. The Morgan fingerprint density at radius 1 is 0.809 bits per heavy atom. The molecular weight excluding hydrogens is 630 g/mol. The fraction of sp³-hybridized carbons (Fsp3) is 0.316. The van der Waals surface area contributed by atoms with Crippen molar-refractivity contribution in [3.63, 3.8) is 0 Å². The Morgan fingerprint density at radius 3 is 2.13 bits per heavy atom. The van der Waals surface area contributed by atoms with Crippen molar-refractivity contribution in [2.24, 2.45) is 0 Å². The number of aryl methyl sites for hydroxylation is 2. The summed E-state index contributed by atoms with van der Waals surface area (Å²) >= 11 is 6.17. The van der Waals surface area contributed by atoms with Gasteiger partial charge in [-0.1, -0.05) is 109 Å². The standard InChI is InChI=1S/C38H42ClN3O4S/c1-28-16-22-35(23-17-28)47(45,46)42(34-20-18-32(39)19-21-34)27-37(43)41(26-31-13-9-10-29(2)24-31)36(25-30-11-5-3-6-12-30)38(44)40-33-14-7-4-8-15-33/h3,5-6,9-13,16-24,33,36H,4,7-8,14-15,25-27H2,1-2H3,(H,40,44)/t36-/m0/s1. The van der Waals surface area contributed by atoms with Gasteiger partial charge in [-0.2, -0.15) is 0 Å². The summed E-state index contributed by atoms with van der Waals surface area (Å²) < 4.78 is 29.5. The number of nitrogens with one attached hydrogen (secondary N) is 1. The number of hydrogen-bond acceptors (Lipinski definition) is 4. The van der Waals surface area contributed by atoms with Crippen molar-refractivity contribution >= 4 is 39.1 Å². The normalized spacial score (nSPS) is 14.3. The van der Waals surface area contributed by atoms with Crippen LogP contribution in [0.1, 0.15) is 54.4 Å².